The van der Waals surface area contributed by atoms with E-state index in [0.29, 0.717) is 25.3 Å². The first-order chi connectivity index (χ1) is 16.6. The van der Waals surface area contributed by atoms with Gasteiger partial charge < -0.3 is 10.1 Å². The molecule has 2 aromatic rings. The Balaban J connectivity index is 1.85. The van der Waals surface area contributed by atoms with E-state index in [4.69, 9.17) is 4.74 Å². The minimum absolute atomic E-state index is 0.0536. The molecular weight excluding hydrogens is 490 g/mol. The fourth-order valence-electron chi connectivity index (χ4n) is 4.20. The highest BCUT2D eigenvalue weighted by atomic mass is 32.2. The number of amides is 1. The van der Waals surface area contributed by atoms with E-state index in [2.05, 4.69) is 5.32 Å². The van der Waals surface area contributed by atoms with E-state index in [-0.39, 0.29) is 27.1 Å². The summed E-state index contributed by atoms with van der Waals surface area (Å²) in [5.74, 6) is -0.347. The number of hydrogen-bond donors (Lipinski definition) is 1. The van der Waals surface area contributed by atoms with E-state index in [1.807, 2.05) is 6.92 Å². The molecule has 0 aromatic heterocycles. The number of nitrogens with zero attached hydrogens (tertiary/aromatic N) is 2. The van der Waals surface area contributed by atoms with Crippen molar-refractivity contribution < 1.29 is 26.4 Å². The van der Waals surface area contributed by atoms with Crippen LogP contribution in [-0.2, 0) is 20.0 Å². The van der Waals surface area contributed by atoms with Crippen LogP contribution in [0, 0.1) is 0 Å². The molecule has 3 rings (SSSR count). The molecule has 0 saturated carbocycles. The number of benzene rings is 2. The summed E-state index contributed by atoms with van der Waals surface area (Å²) in [4.78, 5) is 13.0. The van der Waals surface area contributed by atoms with Gasteiger partial charge in [-0.3, -0.25) is 4.79 Å². The molecule has 0 unspecified atom stereocenters. The standard InChI is InChI=1S/C24H33N3O6S2/c1-5-26(6-2)34(29,30)21-13-11-20(12-14-21)25-24(28)19-10-15-22(33-4)23(17-19)35(31,32)27-16-8-7-9-18(27)3/h10-15,17-18H,5-9,16H2,1-4H3,(H,25,28)/t18-/m0/s1. The molecule has 0 bridgehead atoms. The van der Waals surface area contributed by atoms with Gasteiger partial charge in [0.15, 0.2) is 0 Å². The van der Waals surface area contributed by atoms with Crippen LogP contribution in [0.25, 0.3) is 0 Å². The van der Waals surface area contributed by atoms with E-state index < -0.39 is 26.0 Å². The van der Waals surface area contributed by atoms with Crippen LogP contribution in [-0.4, -0.2) is 64.1 Å². The van der Waals surface area contributed by atoms with Crippen molar-refractivity contribution >= 4 is 31.6 Å². The number of hydrogen-bond acceptors (Lipinski definition) is 6. The highest BCUT2D eigenvalue weighted by Gasteiger charge is 2.33. The molecule has 1 saturated heterocycles. The van der Waals surface area contributed by atoms with E-state index >= 15 is 0 Å². The predicted molar refractivity (Wildman–Crippen MR) is 135 cm³/mol. The van der Waals surface area contributed by atoms with Gasteiger partial charge in [-0.15, -0.1) is 0 Å². The van der Waals surface area contributed by atoms with Gasteiger partial charge in [0.25, 0.3) is 5.91 Å². The van der Waals surface area contributed by atoms with Crippen molar-refractivity contribution in [3.05, 3.63) is 48.0 Å². The van der Waals surface area contributed by atoms with Gasteiger partial charge >= 0.3 is 0 Å². The van der Waals surface area contributed by atoms with Crippen LogP contribution in [0.4, 0.5) is 5.69 Å². The van der Waals surface area contributed by atoms with Crippen LogP contribution in [0.1, 0.15) is 50.4 Å². The smallest absolute Gasteiger partial charge is 0.255 e. The quantitative estimate of drug-likeness (QED) is 0.538. The number of sulfonamides is 2. The SMILES string of the molecule is CCN(CC)S(=O)(=O)c1ccc(NC(=O)c2ccc(OC)c(S(=O)(=O)N3CCCC[C@@H]3C)c2)cc1. The summed E-state index contributed by atoms with van der Waals surface area (Å²) in [6, 6.07) is 10.0. The Bertz CT molecular complexity index is 1260. The monoisotopic (exact) mass is 523 g/mol. The predicted octanol–water partition coefficient (Wildman–Crippen LogP) is 3.54. The van der Waals surface area contributed by atoms with Crippen LogP contribution < -0.4 is 10.1 Å². The number of ether oxygens (including phenoxy) is 1. The zero-order chi connectivity index (χ0) is 25.8. The van der Waals surface area contributed by atoms with Crippen molar-refractivity contribution in [1.29, 1.82) is 0 Å². The highest BCUT2D eigenvalue weighted by molar-refractivity contribution is 7.89. The Labute approximate surface area is 208 Å². The number of carbonyl (C=O) groups is 1. The van der Waals surface area contributed by atoms with Crippen LogP contribution in [0.15, 0.2) is 52.3 Å². The molecule has 1 N–H and O–H groups in total. The average Bonchev–Trinajstić information content (AvgIpc) is 2.84. The summed E-state index contributed by atoms with van der Waals surface area (Å²) in [5, 5.41) is 2.70. The summed E-state index contributed by atoms with van der Waals surface area (Å²) in [6.45, 7) is 6.55. The highest BCUT2D eigenvalue weighted by Crippen LogP contribution is 2.32. The number of methoxy groups -OCH3 is 1. The minimum Gasteiger partial charge on any atom is -0.495 e. The zero-order valence-corrected chi connectivity index (χ0v) is 22.2. The third-order valence-corrected chi connectivity index (χ3v) is 10.3. The molecule has 1 amide bonds. The van der Waals surface area contributed by atoms with Crippen molar-refractivity contribution in [2.45, 2.75) is 55.9 Å². The fraction of sp³-hybridized carbons (Fsp3) is 0.458. The Morgan fingerprint density at radius 1 is 1.06 bits per heavy atom. The molecule has 2 aromatic carbocycles. The van der Waals surface area contributed by atoms with Gasteiger partial charge in [-0.25, -0.2) is 16.8 Å². The lowest BCUT2D eigenvalue weighted by molar-refractivity contribution is 0.102. The Hall–Kier alpha value is -2.47. The molecule has 0 aliphatic carbocycles. The summed E-state index contributed by atoms with van der Waals surface area (Å²) in [5.41, 5.74) is 0.534. The molecule has 1 fully saturated rings. The van der Waals surface area contributed by atoms with E-state index in [0.717, 1.165) is 19.3 Å². The summed E-state index contributed by atoms with van der Waals surface area (Å²) in [7, 11) is -6.08. The molecule has 192 valence electrons. The lowest BCUT2D eigenvalue weighted by Gasteiger charge is -2.32. The van der Waals surface area contributed by atoms with Crippen LogP contribution in [0.2, 0.25) is 0 Å². The van der Waals surface area contributed by atoms with Gasteiger partial charge in [0.1, 0.15) is 10.6 Å². The van der Waals surface area contributed by atoms with Crippen molar-refractivity contribution in [3.63, 3.8) is 0 Å². The van der Waals surface area contributed by atoms with Gasteiger partial charge in [0, 0.05) is 36.9 Å². The first-order valence-electron chi connectivity index (χ1n) is 11.7. The molecule has 1 aliphatic rings. The second-order valence-electron chi connectivity index (χ2n) is 8.39. The second kappa shape index (κ2) is 11.1. The van der Waals surface area contributed by atoms with Gasteiger partial charge in [-0.2, -0.15) is 8.61 Å². The third-order valence-electron chi connectivity index (χ3n) is 6.21. The lowest BCUT2D eigenvalue weighted by Crippen LogP contribution is -2.42. The maximum absolute atomic E-state index is 13.4. The number of carbonyl (C=O) groups excluding carboxylic acids is 1. The summed E-state index contributed by atoms with van der Waals surface area (Å²) < 4.78 is 60.2. The fourth-order valence-corrected chi connectivity index (χ4v) is 7.54. The summed E-state index contributed by atoms with van der Waals surface area (Å²) >= 11 is 0. The molecule has 9 nitrogen and oxygen atoms in total. The third kappa shape index (κ3) is 5.69. The van der Waals surface area contributed by atoms with Crippen molar-refractivity contribution in [2.24, 2.45) is 0 Å². The first-order valence-corrected chi connectivity index (χ1v) is 14.6. The largest absolute Gasteiger partial charge is 0.495 e. The molecular formula is C24H33N3O6S2. The second-order valence-corrected chi connectivity index (χ2v) is 12.2. The molecule has 11 heteroatoms. The molecule has 0 spiro atoms. The normalized spacial score (nSPS) is 17.3. The van der Waals surface area contributed by atoms with Crippen LogP contribution in [0.5, 0.6) is 5.75 Å². The maximum atomic E-state index is 13.4. The molecule has 1 heterocycles. The molecule has 1 atom stereocenters. The Kier molecular flexibility index (Phi) is 8.58. The van der Waals surface area contributed by atoms with Crippen LogP contribution in [0.3, 0.4) is 0 Å². The number of rotatable bonds is 9. The van der Waals surface area contributed by atoms with E-state index in [9.17, 15) is 21.6 Å². The van der Waals surface area contributed by atoms with E-state index in [1.165, 1.54) is 58.2 Å². The maximum Gasteiger partial charge on any atom is 0.255 e. The van der Waals surface area contributed by atoms with Crippen molar-refractivity contribution in [2.75, 3.05) is 32.1 Å². The van der Waals surface area contributed by atoms with E-state index in [1.54, 1.807) is 13.8 Å². The number of piperidine rings is 1. The molecule has 0 radical (unpaired) electrons. The van der Waals surface area contributed by atoms with Gasteiger partial charge in [0.05, 0.1) is 12.0 Å². The van der Waals surface area contributed by atoms with Gasteiger partial charge in [0.2, 0.25) is 20.0 Å². The minimum atomic E-state index is -3.86. The first kappa shape index (κ1) is 27.1. The van der Waals surface area contributed by atoms with Crippen molar-refractivity contribution in [1.82, 2.24) is 8.61 Å². The number of anilines is 1. The number of nitrogens with one attached hydrogen (secondary N) is 1. The Morgan fingerprint density at radius 3 is 2.29 bits per heavy atom. The molecule has 35 heavy (non-hydrogen) atoms. The van der Waals surface area contributed by atoms with Gasteiger partial charge in [-0.05, 0) is 62.2 Å². The summed E-state index contributed by atoms with van der Waals surface area (Å²) in [6.07, 6.45) is 2.54. The topological polar surface area (TPSA) is 113 Å². The van der Waals surface area contributed by atoms with Crippen LogP contribution >= 0.6 is 0 Å². The Morgan fingerprint density at radius 2 is 1.71 bits per heavy atom. The average molecular weight is 524 g/mol. The lowest BCUT2D eigenvalue weighted by atomic mass is 10.1. The zero-order valence-electron chi connectivity index (χ0n) is 20.5. The van der Waals surface area contributed by atoms with Gasteiger partial charge in [-0.1, -0.05) is 20.3 Å². The molecule has 1 aliphatic heterocycles. The van der Waals surface area contributed by atoms with Crippen molar-refractivity contribution in [3.8, 4) is 5.75 Å².